The maximum atomic E-state index is 12.9. The topological polar surface area (TPSA) is 0 Å². The number of alkyl halides is 1. The van der Waals surface area contributed by atoms with Gasteiger partial charge >= 0.3 is 0 Å². The van der Waals surface area contributed by atoms with Gasteiger partial charge in [-0.15, -0.1) is 0 Å². The molecule has 52 valence electrons. The lowest BCUT2D eigenvalue weighted by Crippen LogP contribution is -2.25. The van der Waals surface area contributed by atoms with Gasteiger partial charge in [0.15, 0.2) is 0 Å². The van der Waals surface area contributed by atoms with E-state index in [-0.39, 0.29) is 5.41 Å². The van der Waals surface area contributed by atoms with Crippen molar-refractivity contribution in [1.82, 2.24) is 0 Å². The Hall–Kier alpha value is -0.330. The number of rotatable bonds is 0. The van der Waals surface area contributed by atoms with Gasteiger partial charge in [0.25, 0.3) is 0 Å². The first-order valence-electron chi connectivity index (χ1n) is 3.44. The minimum absolute atomic E-state index is 0.116. The smallest absolute Gasteiger partial charge is 0.123 e. The monoisotopic (exact) mass is 128 g/mol. The summed E-state index contributed by atoms with van der Waals surface area (Å²) in [5.41, 5.74) is -0.116. The minimum Gasteiger partial charge on any atom is -0.242 e. The first-order chi connectivity index (χ1) is 4.13. The van der Waals surface area contributed by atoms with Crippen LogP contribution in [0.3, 0.4) is 0 Å². The maximum absolute atomic E-state index is 12.9. The SMILES string of the molecule is CC1(C)CCC=CC1F. The van der Waals surface area contributed by atoms with Crippen LogP contribution in [-0.2, 0) is 0 Å². The summed E-state index contributed by atoms with van der Waals surface area (Å²) in [4.78, 5) is 0. The van der Waals surface area contributed by atoms with E-state index in [0.29, 0.717) is 0 Å². The van der Waals surface area contributed by atoms with Crippen LogP contribution in [0.1, 0.15) is 26.7 Å². The van der Waals surface area contributed by atoms with Crippen LogP contribution in [0.25, 0.3) is 0 Å². The number of allylic oxidation sites excluding steroid dienone is 2. The van der Waals surface area contributed by atoms with Gasteiger partial charge in [-0.2, -0.15) is 0 Å². The highest BCUT2D eigenvalue weighted by molar-refractivity contribution is 5.01. The second kappa shape index (κ2) is 2.13. The van der Waals surface area contributed by atoms with E-state index < -0.39 is 6.17 Å². The lowest BCUT2D eigenvalue weighted by Gasteiger charge is -2.29. The summed E-state index contributed by atoms with van der Waals surface area (Å²) >= 11 is 0. The molecule has 0 aliphatic heterocycles. The molecule has 0 radical (unpaired) electrons. The van der Waals surface area contributed by atoms with Gasteiger partial charge in [-0.1, -0.05) is 26.0 Å². The molecule has 1 unspecified atom stereocenters. The van der Waals surface area contributed by atoms with Crippen LogP contribution in [0.15, 0.2) is 12.2 Å². The van der Waals surface area contributed by atoms with E-state index in [1.54, 1.807) is 6.08 Å². The molecule has 0 fully saturated rings. The predicted octanol–water partition coefficient (Wildman–Crippen LogP) is 2.70. The molecular formula is C8H13F. The van der Waals surface area contributed by atoms with Crippen molar-refractivity contribution in [3.63, 3.8) is 0 Å². The lowest BCUT2D eigenvalue weighted by molar-refractivity contribution is 0.166. The molecule has 0 spiro atoms. The second-order valence-corrected chi connectivity index (χ2v) is 3.36. The van der Waals surface area contributed by atoms with Crippen LogP contribution in [-0.4, -0.2) is 6.17 Å². The third-order valence-electron chi connectivity index (χ3n) is 2.01. The fourth-order valence-corrected chi connectivity index (χ4v) is 1.07. The summed E-state index contributed by atoms with van der Waals surface area (Å²) in [6.45, 7) is 3.95. The van der Waals surface area contributed by atoms with E-state index >= 15 is 0 Å². The van der Waals surface area contributed by atoms with Crippen LogP contribution in [0.5, 0.6) is 0 Å². The number of hydrogen-bond donors (Lipinski definition) is 0. The van der Waals surface area contributed by atoms with Crippen LogP contribution < -0.4 is 0 Å². The molecule has 0 saturated carbocycles. The molecule has 0 aromatic carbocycles. The van der Waals surface area contributed by atoms with Gasteiger partial charge in [0.1, 0.15) is 6.17 Å². The highest BCUT2D eigenvalue weighted by Gasteiger charge is 2.28. The standard InChI is InChI=1S/C8H13F/c1-8(2)6-4-3-5-7(8)9/h3,5,7H,4,6H2,1-2H3. The molecule has 1 heteroatoms. The maximum Gasteiger partial charge on any atom is 0.123 e. The minimum atomic E-state index is -0.730. The Labute approximate surface area is 55.8 Å². The molecular weight excluding hydrogens is 115 g/mol. The number of hydrogen-bond acceptors (Lipinski definition) is 0. The van der Waals surface area contributed by atoms with Crippen molar-refractivity contribution in [2.45, 2.75) is 32.9 Å². The largest absolute Gasteiger partial charge is 0.242 e. The summed E-state index contributed by atoms with van der Waals surface area (Å²) in [6, 6.07) is 0. The van der Waals surface area contributed by atoms with E-state index in [0.717, 1.165) is 12.8 Å². The Morgan fingerprint density at radius 1 is 1.56 bits per heavy atom. The van der Waals surface area contributed by atoms with Crippen molar-refractivity contribution in [2.24, 2.45) is 5.41 Å². The molecule has 9 heavy (non-hydrogen) atoms. The Morgan fingerprint density at radius 2 is 2.22 bits per heavy atom. The van der Waals surface area contributed by atoms with E-state index in [2.05, 4.69) is 0 Å². The highest BCUT2D eigenvalue weighted by atomic mass is 19.1. The summed E-state index contributed by atoms with van der Waals surface area (Å²) in [6.07, 6.45) is 4.88. The average molecular weight is 128 g/mol. The van der Waals surface area contributed by atoms with E-state index in [9.17, 15) is 4.39 Å². The molecule has 0 heterocycles. The quantitative estimate of drug-likeness (QED) is 0.440. The highest BCUT2D eigenvalue weighted by Crippen LogP contribution is 2.33. The zero-order valence-corrected chi connectivity index (χ0v) is 6.02. The molecule has 0 aromatic rings. The zero-order valence-electron chi connectivity index (χ0n) is 6.02. The molecule has 0 amide bonds. The molecule has 0 aromatic heterocycles. The molecule has 0 bridgehead atoms. The Kier molecular flexibility index (Phi) is 1.60. The third kappa shape index (κ3) is 1.32. The van der Waals surface area contributed by atoms with Crippen molar-refractivity contribution in [3.05, 3.63) is 12.2 Å². The van der Waals surface area contributed by atoms with Gasteiger partial charge in [-0.3, -0.25) is 0 Å². The molecule has 1 aliphatic rings. The molecule has 0 nitrogen and oxygen atoms in total. The van der Waals surface area contributed by atoms with Gasteiger partial charge in [0.05, 0.1) is 0 Å². The van der Waals surface area contributed by atoms with Crippen molar-refractivity contribution < 1.29 is 4.39 Å². The fraction of sp³-hybridized carbons (Fsp3) is 0.750. The summed E-state index contributed by atoms with van der Waals surface area (Å²) in [5, 5.41) is 0. The van der Waals surface area contributed by atoms with Crippen molar-refractivity contribution >= 4 is 0 Å². The van der Waals surface area contributed by atoms with Gasteiger partial charge in [0, 0.05) is 0 Å². The van der Waals surface area contributed by atoms with Gasteiger partial charge in [-0.05, 0) is 18.3 Å². The molecule has 0 saturated heterocycles. The van der Waals surface area contributed by atoms with Crippen LogP contribution in [0.2, 0.25) is 0 Å². The van der Waals surface area contributed by atoms with Crippen molar-refractivity contribution in [1.29, 1.82) is 0 Å². The first kappa shape index (κ1) is 6.79. The Morgan fingerprint density at radius 3 is 2.56 bits per heavy atom. The first-order valence-corrected chi connectivity index (χ1v) is 3.44. The summed E-state index contributed by atoms with van der Waals surface area (Å²) in [7, 11) is 0. The van der Waals surface area contributed by atoms with Crippen LogP contribution in [0.4, 0.5) is 4.39 Å². The normalized spacial score (nSPS) is 32.6. The molecule has 1 atom stereocenters. The van der Waals surface area contributed by atoms with Crippen LogP contribution in [0, 0.1) is 5.41 Å². The Balaban J connectivity index is 2.66. The third-order valence-corrected chi connectivity index (χ3v) is 2.01. The Bertz CT molecular complexity index is 125. The fourth-order valence-electron chi connectivity index (χ4n) is 1.07. The van der Waals surface area contributed by atoms with Gasteiger partial charge < -0.3 is 0 Å². The molecule has 1 rings (SSSR count). The zero-order chi connectivity index (χ0) is 6.91. The van der Waals surface area contributed by atoms with Crippen molar-refractivity contribution in [2.75, 3.05) is 0 Å². The van der Waals surface area contributed by atoms with Gasteiger partial charge in [0.2, 0.25) is 0 Å². The van der Waals surface area contributed by atoms with Gasteiger partial charge in [-0.25, -0.2) is 4.39 Å². The number of halogens is 1. The van der Waals surface area contributed by atoms with E-state index in [1.165, 1.54) is 0 Å². The summed E-state index contributed by atoms with van der Waals surface area (Å²) in [5.74, 6) is 0. The molecule has 0 N–H and O–H groups in total. The lowest BCUT2D eigenvalue weighted by atomic mass is 9.79. The summed E-state index contributed by atoms with van der Waals surface area (Å²) < 4.78 is 12.9. The predicted molar refractivity (Wildman–Crippen MR) is 37.1 cm³/mol. The van der Waals surface area contributed by atoms with E-state index in [4.69, 9.17) is 0 Å². The van der Waals surface area contributed by atoms with Crippen molar-refractivity contribution in [3.8, 4) is 0 Å². The molecule has 1 aliphatic carbocycles. The van der Waals surface area contributed by atoms with Crippen LogP contribution >= 0.6 is 0 Å². The van der Waals surface area contributed by atoms with E-state index in [1.807, 2.05) is 19.9 Å². The average Bonchev–Trinajstić information content (AvgIpc) is 1.77. The second-order valence-electron chi connectivity index (χ2n) is 3.36.